The Balaban J connectivity index is 2.23. The molecule has 6 N–H and O–H groups in total. The van der Waals surface area contributed by atoms with Gasteiger partial charge in [-0.25, -0.2) is 23.7 Å². The van der Waals surface area contributed by atoms with Crippen LogP contribution in [-0.4, -0.2) is 39.3 Å². The fraction of sp³-hybridized carbons (Fsp3) is 0. The van der Waals surface area contributed by atoms with Gasteiger partial charge in [0, 0.05) is 0 Å². The van der Waals surface area contributed by atoms with Crippen LogP contribution in [0, 0.1) is 0 Å². The lowest BCUT2D eigenvalue weighted by Crippen LogP contribution is -2.10. The third-order valence-electron chi connectivity index (χ3n) is 1.89. The lowest BCUT2D eigenvalue weighted by molar-refractivity contribution is 0.163. The molecule has 0 spiro atoms. The number of aromatic nitrogens is 4. The molecule has 2 atom stereocenters. The summed E-state index contributed by atoms with van der Waals surface area (Å²) in [5.41, 5.74) is 5.23. The lowest BCUT2D eigenvalue weighted by atomic mass is 10.6. The molecule has 0 fully saturated rings. The van der Waals surface area contributed by atoms with Crippen LogP contribution in [0.5, 0.6) is 0 Å². The Kier molecular flexibility index (Phi) is 4.61. The van der Waals surface area contributed by atoms with Gasteiger partial charge in [0.2, 0.25) is 11.6 Å². The molecular formula is C5H8N5O10P3. The van der Waals surface area contributed by atoms with Crippen molar-refractivity contribution in [2.24, 2.45) is 0 Å². The van der Waals surface area contributed by atoms with Crippen LogP contribution in [0.1, 0.15) is 0 Å². The van der Waals surface area contributed by atoms with E-state index in [1.807, 2.05) is 0 Å². The fourth-order valence-corrected chi connectivity index (χ4v) is 4.23. The van der Waals surface area contributed by atoms with Crippen molar-refractivity contribution in [2.75, 3.05) is 5.73 Å². The zero-order valence-corrected chi connectivity index (χ0v) is 13.3. The SMILES string of the molecule is Nc1ncc2ncn(OP(=O)(O)OP(=O)(O)OP(=O)(O)O)c2n1. The Morgan fingerprint density at radius 1 is 1.04 bits per heavy atom. The highest BCUT2D eigenvalue weighted by molar-refractivity contribution is 7.66. The van der Waals surface area contributed by atoms with Gasteiger partial charge in [0.1, 0.15) is 11.8 Å². The Labute approximate surface area is 126 Å². The van der Waals surface area contributed by atoms with Crippen LogP contribution in [0.2, 0.25) is 0 Å². The van der Waals surface area contributed by atoms with Gasteiger partial charge >= 0.3 is 23.5 Å². The number of nitrogens with two attached hydrogens (primary N) is 1. The van der Waals surface area contributed by atoms with Gasteiger partial charge in [-0.15, -0.1) is 4.73 Å². The Morgan fingerprint density at radius 2 is 1.70 bits per heavy atom. The molecular weight excluding hydrogens is 383 g/mol. The van der Waals surface area contributed by atoms with Gasteiger partial charge in [-0.05, 0) is 0 Å². The first kappa shape index (κ1) is 17.9. The van der Waals surface area contributed by atoms with E-state index in [2.05, 4.69) is 28.2 Å². The molecule has 23 heavy (non-hydrogen) atoms. The molecule has 0 aliphatic heterocycles. The molecule has 0 bridgehead atoms. The average molecular weight is 391 g/mol. The highest BCUT2D eigenvalue weighted by atomic mass is 31.3. The number of nitrogen functional groups attached to an aromatic ring is 1. The number of hydrogen-bond donors (Lipinski definition) is 5. The molecule has 0 saturated carbocycles. The second-order valence-corrected chi connectivity index (χ2v) is 8.01. The summed E-state index contributed by atoms with van der Waals surface area (Å²) in [4.78, 5) is 46.1. The van der Waals surface area contributed by atoms with E-state index in [9.17, 15) is 18.6 Å². The summed E-state index contributed by atoms with van der Waals surface area (Å²) in [7, 11) is -16.5. The maximum Gasteiger partial charge on any atom is 0.555 e. The number of phosphoric acid groups is 3. The molecule has 0 radical (unpaired) electrons. The Bertz CT molecular complexity index is 875. The van der Waals surface area contributed by atoms with Crippen molar-refractivity contribution < 1.29 is 46.5 Å². The summed E-state index contributed by atoms with van der Waals surface area (Å²) in [5, 5.41) is 0. The molecule has 15 nitrogen and oxygen atoms in total. The van der Waals surface area contributed by atoms with E-state index < -0.39 is 23.5 Å². The first-order chi connectivity index (χ1) is 10.4. The van der Waals surface area contributed by atoms with Gasteiger partial charge in [0.05, 0.1) is 6.20 Å². The van der Waals surface area contributed by atoms with Gasteiger partial charge in [-0.3, -0.25) is 4.89 Å². The lowest BCUT2D eigenvalue weighted by Gasteiger charge is -2.16. The minimum Gasteiger partial charge on any atom is -0.368 e. The zero-order chi connectivity index (χ0) is 17.5. The molecule has 128 valence electrons. The summed E-state index contributed by atoms with van der Waals surface area (Å²) in [6.07, 6.45) is 2.01. The third-order valence-corrected chi connectivity index (χ3v) is 5.60. The van der Waals surface area contributed by atoms with Crippen LogP contribution < -0.4 is 10.4 Å². The van der Waals surface area contributed by atoms with Gasteiger partial charge in [-0.1, -0.05) is 0 Å². The van der Waals surface area contributed by atoms with E-state index in [1.54, 1.807) is 0 Å². The van der Waals surface area contributed by atoms with Crippen molar-refractivity contribution in [1.82, 2.24) is 19.7 Å². The molecule has 0 aromatic carbocycles. The Hall–Kier alpha value is -1.40. The Morgan fingerprint density at radius 3 is 2.30 bits per heavy atom. The summed E-state index contributed by atoms with van der Waals surface area (Å²) in [5.74, 6) is -0.228. The quantitative estimate of drug-likeness (QED) is 0.378. The largest absolute Gasteiger partial charge is 0.555 e. The van der Waals surface area contributed by atoms with E-state index in [0.717, 1.165) is 12.5 Å². The zero-order valence-electron chi connectivity index (χ0n) is 10.6. The normalized spacial score (nSPS) is 17.6. The maximum atomic E-state index is 11.6. The predicted molar refractivity (Wildman–Crippen MR) is 70.2 cm³/mol. The summed E-state index contributed by atoms with van der Waals surface area (Å²) >= 11 is 0. The van der Waals surface area contributed by atoms with Gasteiger partial charge in [-0.2, -0.15) is 13.6 Å². The number of fused-ring (bicyclic) bond motifs is 1. The summed E-state index contributed by atoms with van der Waals surface area (Å²) < 4.78 is 45.3. The van der Waals surface area contributed by atoms with Crippen molar-refractivity contribution in [2.45, 2.75) is 0 Å². The molecule has 18 heteroatoms. The first-order valence-corrected chi connectivity index (χ1v) is 9.68. The number of anilines is 1. The number of rotatable bonds is 6. The average Bonchev–Trinajstić information content (AvgIpc) is 2.66. The molecule has 0 aliphatic rings. The molecule has 0 amide bonds. The second-order valence-electron chi connectivity index (χ2n) is 3.68. The van der Waals surface area contributed by atoms with E-state index in [4.69, 9.17) is 20.4 Å². The molecule has 0 aliphatic carbocycles. The predicted octanol–water partition coefficient (Wildman–Crippen LogP) is -0.836. The molecule has 2 unspecified atom stereocenters. The monoisotopic (exact) mass is 391 g/mol. The van der Waals surface area contributed by atoms with E-state index >= 15 is 0 Å². The standard InChI is InChI=1S/C5H8N5O10P3/c6-5-7-1-3-4(9-5)10(2-8-3)18-22(14,15)20-23(16,17)19-21(11,12)13/h1-2H,(H,14,15)(H,16,17)(H2,6,7,9)(H2,11,12,13). The molecule has 2 aromatic heterocycles. The van der Waals surface area contributed by atoms with Crippen LogP contribution in [0.15, 0.2) is 12.5 Å². The van der Waals surface area contributed by atoms with Gasteiger partial charge < -0.3 is 25.0 Å². The number of imidazole rings is 1. The van der Waals surface area contributed by atoms with Crippen LogP contribution >= 0.6 is 23.5 Å². The smallest absolute Gasteiger partial charge is 0.368 e. The third kappa shape index (κ3) is 5.04. The first-order valence-electron chi connectivity index (χ1n) is 5.16. The summed E-state index contributed by atoms with van der Waals surface area (Å²) in [6, 6.07) is 0. The van der Waals surface area contributed by atoms with Crippen molar-refractivity contribution in [3.63, 3.8) is 0 Å². The van der Waals surface area contributed by atoms with Crippen molar-refractivity contribution in [3.05, 3.63) is 12.5 Å². The molecule has 2 rings (SSSR count). The van der Waals surface area contributed by atoms with Crippen molar-refractivity contribution >= 4 is 40.6 Å². The van der Waals surface area contributed by atoms with Crippen LogP contribution in [-0.2, 0) is 22.3 Å². The summed E-state index contributed by atoms with van der Waals surface area (Å²) in [6.45, 7) is 0. The molecule has 2 heterocycles. The second kappa shape index (κ2) is 5.91. The molecule has 2 aromatic rings. The minimum atomic E-state index is -5.62. The number of nitrogens with zero attached hydrogens (tertiary/aromatic N) is 4. The number of hydrogen-bond acceptors (Lipinski definition) is 10. The maximum absolute atomic E-state index is 11.6. The topological polar surface area (TPSA) is 229 Å². The fourth-order valence-electron chi connectivity index (χ4n) is 1.27. The van der Waals surface area contributed by atoms with E-state index in [0.29, 0.717) is 4.73 Å². The van der Waals surface area contributed by atoms with Crippen molar-refractivity contribution in [3.8, 4) is 0 Å². The van der Waals surface area contributed by atoms with E-state index in [1.165, 1.54) is 0 Å². The van der Waals surface area contributed by atoms with Gasteiger partial charge in [0.25, 0.3) is 0 Å². The van der Waals surface area contributed by atoms with Gasteiger partial charge in [0.15, 0.2) is 0 Å². The molecule has 0 saturated heterocycles. The highest BCUT2D eigenvalue weighted by Gasteiger charge is 2.42. The van der Waals surface area contributed by atoms with Crippen molar-refractivity contribution in [1.29, 1.82) is 0 Å². The van der Waals surface area contributed by atoms with Crippen LogP contribution in [0.25, 0.3) is 11.2 Å². The van der Waals surface area contributed by atoms with Crippen LogP contribution in [0.4, 0.5) is 5.95 Å². The highest BCUT2D eigenvalue weighted by Crippen LogP contribution is 2.65. The minimum absolute atomic E-state index is 0.0952. The van der Waals surface area contributed by atoms with Crippen LogP contribution in [0.3, 0.4) is 0 Å². The van der Waals surface area contributed by atoms with E-state index in [-0.39, 0.29) is 17.1 Å².